The van der Waals surface area contributed by atoms with Gasteiger partial charge in [0.05, 0.1) is 0 Å². The highest BCUT2D eigenvalue weighted by atomic mass is 14.8. The molecule has 0 radical (unpaired) electrons. The molecule has 70 valence electrons. The minimum absolute atomic E-state index is 1.02. The molecule has 0 atom stereocenters. The average Bonchev–Trinajstić information content (AvgIpc) is 2.08. The van der Waals surface area contributed by atoms with Crippen LogP contribution in [0.5, 0.6) is 0 Å². The lowest BCUT2D eigenvalue weighted by Gasteiger charge is -1.91. The molecular formula is C10H25N. The van der Waals surface area contributed by atoms with Crippen molar-refractivity contribution in [1.29, 1.82) is 0 Å². The van der Waals surface area contributed by atoms with Gasteiger partial charge in [0.25, 0.3) is 0 Å². The first-order valence-electron chi connectivity index (χ1n) is 4.64. The fourth-order valence-electron chi connectivity index (χ4n) is 0.306. The standard InChI is InChI=1S/C6H13N.2C2H6/c1-4-7-5-6(2)3;2*1-2/h5,7H,4H2,1-3H3;2*1-2H3. The van der Waals surface area contributed by atoms with Crippen LogP contribution in [0.25, 0.3) is 0 Å². The van der Waals surface area contributed by atoms with E-state index in [0.29, 0.717) is 0 Å². The molecule has 0 rings (SSSR count). The zero-order valence-electron chi connectivity index (χ0n) is 9.28. The Labute approximate surface area is 72.9 Å². The number of allylic oxidation sites excluding steroid dienone is 1. The van der Waals surface area contributed by atoms with Crippen LogP contribution in [0.2, 0.25) is 0 Å². The fraction of sp³-hybridized carbons (Fsp3) is 0.800. The van der Waals surface area contributed by atoms with Crippen LogP contribution in [0.15, 0.2) is 11.8 Å². The Morgan fingerprint density at radius 3 is 1.55 bits per heavy atom. The summed E-state index contributed by atoms with van der Waals surface area (Å²) in [4.78, 5) is 0. The van der Waals surface area contributed by atoms with Crippen molar-refractivity contribution in [3.63, 3.8) is 0 Å². The molecule has 11 heavy (non-hydrogen) atoms. The van der Waals surface area contributed by atoms with E-state index < -0.39 is 0 Å². The third-order valence-electron chi connectivity index (χ3n) is 0.595. The van der Waals surface area contributed by atoms with Gasteiger partial charge in [-0.3, -0.25) is 0 Å². The third kappa shape index (κ3) is 43.3. The van der Waals surface area contributed by atoms with Gasteiger partial charge in [-0.1, -0.05) is 33.3 Å². The van der Waals surface area contributed by atoms with Crippen LogP contribution in [-0.2, 0) is 0 Å². The van der Waals surface area contributed by atoms with E-state index in [9.17, 15) is 0 Å². The lowest BCUT2D eigenvalue weighted by atomic mass is 10.4. The van der Waals surface area contributed by atoms with Crippen molar-refractivity contribution in [2.45, 2.75) is 48.5 Å². The first-order chi connectivity index (χ1) is 5.27. The summed E-state index contributed by atoms with van der Waals surface area (Å²) in [5.74, 6) is 0. The van der Waals surface area contributed by atoms with Crippen molar-refractivity contribution < 1.29 is 0 Å². The van der Waals surface area contributed by atoms with Crippen molar-refractivity contribution in [2.75, 3.05) is 6.54 Å². The second-order valence-corrected chi connectivity index (χ2v) is 1.78. The number of hydrogen-bond donors (Lipinski definition) is 1. The third-order valence-corrected chi connectivity index (χ3v) is 0.595. The van der Waals surface area contributed by atoms with E-state index in [1.54, 1.807) is 0 Å². The summed E-state index contributed by atoms with van der Waals surface area (Å²) < 4.78 is 0. The van der Waals surface area contributed by atoms with Gasteiger partial charge in [-0.05, 0) is 27.0 Å². The summed E-state index contributed by atoms with van der Waals surface area (Å²) in [6, 6.07) is 0. The maximum absolute atomic E-state index is 3.09. The molecule has 0 spiro atoms. The van der Waals surface area contributed by atoms with Gasteiger partial charge in [-0.15, -0.1) is 0 Å². The molecule has 0 aromatic heterocycles. The maximum atomic E-state index is 3.09. The summed E-state index contributed by atoms with van der Waals surface area (Å²) in [5.41, 5.74) is 1.32. The Bertz CT molecular complexity index is 61.3. The van der Waals surface area contributed by atoms with E-state index in [0.717, 1.165) is 6.54 Å². The molecule has 0 aromatic rings. The Kier molecular flexibility index (Phi) is 34.8. The average molecular weight is 159 g/mol. The lowest BCUT2D eigenvalue weighted by molar-refractivity contribution is 0.907. The van der Waals surface area contributed by atoms with Gasteiger partial charge in [0, 0.05) is 6.54 Å². The molecule has 0 saturated carbocycles. The molecule has 0 aromatic carbocycles. The number of rotatable bonds is 2. The largest absolute Gasteiger partial charge is 0.391 e. The Hall–Kier alpha value is -0.460. The predicted octanol–water partition coefficient (Wildman–Crippen LogP) is 3.57. The van der Waals surface area contributed by atoms with Gasteiger partial charge >= 0.3 is 0 Å². The van der Waals surface area contributed by atoms with Crippen molar-refractivity contribution >= 4 is 0 Å². The van der Waals surface area contributed by atoms with Gasteiger partial charge in [-0.25, -0.2) is 0 Å². The zero-order chi connectivity index (χ0) is 9.70. The Balaban J connectivity index is -0.000000138. The first kappa shape index (κ1) is 16.9. The smallest absolute Gasteiger partial charge is 0.0113 e. The molecule has 0 bridgehead atoms. The summed E-state index contributed by atoms with van der Waals surface area (Å²) in [5, 5.41) is 3.09. The Morgan fingerprint density at radius 1 is 1.09 bits per heavy atom. The topological polar surface area (TPSA) is 12.0 Å². The second-order valence-electron chi connectivity index (χ2n) is 1.78. The monoisotopic (exact) mass is 159 g/mol. The molecule has 0 saturated heterocycles. The summed E-state index contributed by atoms with van der Waals surface area (Å²) in [6.07, 6.45) is 2.01. The van der Waals surface area contributed by atoms with Crippen molar-refractivity contribution in [2.24, 2.45) is 0 Å². The summed E-state index contributed by atoms with van der Waals surface area (Å²) in [6.45, 7) is 15.2. The van der Waals surface area contributed by atoms with Crippen molar-refractivity contribution in [1.82, 2.24) is 5.32 Å². The van der Waals surface area contributed by atoms with Crippen LogP contribution >= 0.6 is 0 Å². The molecular weight excluding hydrogens is 134 g/mol. The van der Waals surface area contributed by atoms with E-state index >= 15 is 0 Å². The van der Waals surface area contributed by atoms with Crippen LogP contribution in [0.3, 0.4) is 0 Å². The van der Waals surface area contributed by atoms with Gasteiger partial charge in [0.2, 0.25) is 0 Å². The molecule has 0 amide bonds. The molecule has 0 heterocycles. The second kappa shape index (κ2) is 22.7. The maximum Gasteiger partial charge on any atom is 0.0113 e. The van der Waals surface area contributed by atoms with E-state index in [1.807, 2.05) is 33.9 Å². The van der Waals surface area contributed by atoms with Crippen LogP contribution in [0, 0.1) is 0 Å². The molecule has 1 nitrogen and oxygen atoms in total. The van der Waals surface area contributed by atoms with Crippen LogP contribution in [0.4, 0.5) is 0 Å². The summed E-state index contributed by atoms with van der Waals surface area (Å²) in [7, 11) is 0. The van der Waals surface area contributed by atoms with Crippen LogP contribution < -0.4 is 5.32 Å². The molecule has 0 aliphatic heterocycles. The normalized spacial score (nSPS) is 6.09. The molecule has 0 aliphatic rings. The minimum Gasteiger partial charge on any atom is -0.391 e. The number of hydrogen-bond acceptors (Lipinski definition) is 1. The lowest BCUT2D eigenvalue weighted by Crippen LogP contribution is -2.02. The first-order valence-corrected chi connectivity index (χ1v) is 4.64. The SMILES string of the molecule is CC.CC.CCNC=C(C)C. The summed E-state index contributed by atoms with van der Waals surface area (Å²) >= 11 is 0. The Morgan fingerprint density at radius 2 is 1.45 bits per heavy atom. The van der Waals surface area contributed by atoms with Gasteiger partial charge in [0.15, 0.2) is 0 Å². The van der Waals surface area contributed by atoms with Gasteiger partial charge < -0.3 is 5.32 Å². The van der Waals surface area contributed by atoms with Crippen LogP contribution in [0.1, 0.15) is 48.5 Å². The van der Waals surface area contributed by atoms with Gasteiger partial charge in [-0.2, -0.15) is 0 Å². The number of nitrogens with one attached hydrogen (secondary N) is 1. The highest BCUT2D eigenvalue weighted by Gasteiger charge is 1.69. The molecule has 1 heteroatoms. The fourth-order valence-corrected chi connectivity index (χ4v) is 0.306. The molecule has 0 fully saturated rings. The minimum atomic E-state index is 1.02. The highest BCUT2D eigenvalue weighted by Crippen LogP contribution is 1.81. The zero-order valence-corrected chi connectivity index (χ0v) is 9.28. The van der Waals surface area contributed by atoms with Gasteiger partial charge in [0.1, 0.15) is 0 Å². The molecule has 0 unspecified atom stereocenters. The van der Waals surface area contributed by atoms with E-state index in [1.165, 1.54) is 5.57 Å². The van der Waals surface area contributed by atoms with E-state index in [2.05, 4.69) is 26.1 Å². The highest BCUT2D eigenvalue weighted by molar-refractivity contribution is 4.90. The molecule has 1 N–H and O–H groups in total. The predicted molar refractivity (Wildman–Crippen MR) is 55.8 cm³/mol. The van der Waals surface area contributed by atoms with E-state index in [-0.39, 0.29) is 0 Å². The van der Waals surface area contributed by atoms with Crippen LogP contribution in [-0.4, -0.2) is 6.54 Å². The van der Waals surface area contributed by atoms with E-state index in [4.69, 9.17) is 0 Å². The quantitative estimate of drug-likeness (QED) is 0.649. The van der Waals surface area contributed by atoms with Crippen molar-refractivity contribution in [3.05, 3.63) is 11.8 Å². The van der Waals surface area contributed by atoms with Crippen molar-refractivity contribution in [3.8, 4) is 0 Å². The molecule has 0 aliphatic carbocycles.